The van der Waals surface area contributed by atoms with E-state index in [-0.39, 0.29) is 18.3 Å². The lowest BCUT2D eigenvalue weighted by Gasteiger charge is -2.16. The molecule has 3 aromatic rings. The van der Waals surface area contributed by atoms with Crippen molar-refractivity contribution in [2.24, 2.45) is 0 Å². The number of ether oxygens (including phenoxy) is 1. The maximum absolute atomic E-state index is 12.5. The first-order chi connectivity index (χ1) is 14.4. The second kappa shape index (κ2) is 8.02. The van der Waals surface area contributed by atoms with Gasteiger partial charge in [-0.2, -0.15) is 0 Å². The van der Waals surface area contributed by atoms with Crippen molar-refractivity contribution in [2.45, 2.75) is 26.7 Å². The van der Waals surface area contributed by atoms with Crippen LogP contribution in [0.1, 0.15) is 44.9 Å². The molecule has 0 spiro atoms. The number of hydrogen-bond donors (Lipinski definition) is 0. The van der Waals surface area contributed by atoms with Crippen LogP contribution < -0.4 is 4.90 Å². The summed E-state index contributed by atoms with van der Waals surface area (Å²) in [4.78, 5) is 47.4. The summed E-state index contributed by atoms with van der Waals surface area (Å²) < 4.78 is 5.22. The number of aromatic nitrogens is 2. The Bertz CT molecular complexity index is 1170. The first-order valence-electron chi connectivity index (χ1n) is 9.78. The molecule has 7 nitrogen and oxygen atoms in total. The third-order valence-electron chi connectivity index (χ3n) is 5.20. The highest BCUT2D eigenvalue weighted by Crippen LogP contribution is 2.22. The second-order valence-corrected chi connectivity index (χ2v) is 7.30. The maximum atomic E-state index is 12.5. The van der Waals surface area contributed by atoms with Gasteiger partial charge in [-0.1, -0.05) is 12.1 Å². The molecule has 0 unspecified atom stereocenters. The van der Waals surface area contributed by atoms with Crippen LogP contribution in [0.25, 0.3) is 11.0 Å². The molecule has 1 saturated heterocycles. The Morgan fingerprint density at radius 1 is 1.00 bits per heavy atom. The molecule has 2 aromatic carbocycles. The molecular weight excluding hydrogens is 382 g/mol. The maximum Gasteiger partial charge on any atom is 0.338 e. The summed E-state index contributed by atoms with van der Waals surface area (Å²) >= 11 is 0. The van der Waals surface area contributed by atoms with Crippen molar-refractivity contribution < 1.29 is 19.1 Å². The summed E-state index contributed by atoms with van der Waals surface area (Å²) in [5.74, 6) is -0.879. The van der Waals surface area contributed by atoms with E-state index in [1.807, 2.05) is 13.8 Å². The number of benzene rings is 2. The monoisotopic (exact) mass is 403 g/mol. The average Bonchev–Trinajstić information content (AvgIpc) is 3.18. The van der Waals surface area contributed by atoms with Gasteiger partial charge in [0.15, 0.2) is 12.4 Å². The van der Waals surface area contributed by atoms with Crippen molar-refractivity contribution in [3.8, 4) is 0 Å². The Labute approximate surface area is 173 Å². The van der Waals surface area contributed by atoms with Crippen molar-refractivity contribution in [3.05, 3.63) is 65.0 Å². The summed E-state index contributed by atoms with van der Waals surface area (Å²) in [6, 6.07) is 11.8. The second-order valence-electron chi connectivity index (χ2n) is 7.30. The fourth-order valence-corrected chi connectivity index (χ4v) is 3.42. The zero-order valence-electron chi connectivity index (χ0n) is 16.8. The molecule has 0 saturated carbocycles. The number of esters is 1. The van der Waals surface area contributed by atoms with Gasteiger partial charge in [-0.3, -0.25) is 9.59 Å². The highest BCUT2D eigenvalue weighted by atomic mass is 16.5. The number of amides is 1. The van der Waals surface area contributed by atoms with Gasteiger partial charge in [-0.05, 0) is 50.6 Å². The van der Waals surface area contributed by atoms with Crippen molar-refractivity contribution in [1.82, 2.24) is 9.97 Å². The predicted octanol–water partition coefficient (Wildman–Crippen LogP) is 3.41. The summed E-state index contributed by atoms with van der Waals surface area (Å²) in [7, 11) is 0. The minimum atomic E-state index is -0.601. The van der Waals surface area contributed by atoms with Gasteiger partial charge in [0.1, 0.15) is 0 Å². The first-order valence-corrected chi connectivity index (χ1v) is 9.78. The van der Waals surface area contributed by atoms with E-state index in [4.69, 9.17) is 4.74 Å². The number of carbonyl (C=O) groups excluding carboxylic acids is 3. The molecule has 0 atom stereocenters. The highest BCUT2D eigenvalue weighted by Gasteiger charge is 2.22. The third-order valence-corrected chi connectivity index (χ3v) is 5.20. The van der Waals surface area contributed by atoms with E-state index in [0.29, 0.717) is 40.8 Å². The Morgan fingerprint density at radius 2 is 1.77 bits per heavy atom. The Kier molecular flexibility index (Phi) is 5.27. The number of aryl methyl sites for hydroxylation is 2. The summed E-state index contributed by atoms with van der Waals surface area (Å²) in [6.07, 6.45) is 1.33. The summed E-state index contributed by atoms with van der Waals surface area (Å²) in [5.41, 5.74) is 4.31. The first kappa shape index (κ1) is 19.7. The molecule has 0 bridgehead atoms. The van der Waals surface area contributed by atoms with Crippen molar-refractivity contribution in [3.63, 3.8) is 0 Å². The van der Waals surface area contributed by atoms with Gasteiger partial charge in [0.2, 0.25) is 5.91 Å². The molecule has 30 heavy (non-hydrogen) atoms. The molecule has 152 valence electrons. The van der Waals surface area contributed by atoms with E-state index in [1.165, 1.54) is 0 Å². The molecule has 1 fully saturated rings. The van der Waals surface area contributed by atoms with E-state index < -0.39 is 5.97 Å². The Balaban J connectivity index is 1.45. The number of carbonyl (C=O) groups is 3. The van der Waals surface area contributed by atoms with Gasteiger partial charge in [0.05, 0.1) is 28.0 Å². The molecule has 1 amide bonds. The van der Waals surface area contributed by atoms with Crippen LogP contribution in [0.2, 0.25) is 0 Å². The smallest absolute Gasteiger partial charge is 0.338 e. The molecule has 2 heterocycles. The highest BCUT2D eigenvalue weighted by molar-refractivity contribution is 6.02. The van der Waals surface area contributed by atoms with Gasteiger partial charge >= 0.3 is 5.97 Å². The van der Waals surface area contributed by atoms with Crippen LogP contribution >= 0.6 is 0 Å². The average molecular weight is 403 g/mol. The van der Waals surface area contributed by atoms with Crippen LogP contribution in [0, 0.1) is 13.8 Å². The Hall–Kier alpha value is -3.61. The van der Waals surface area contributed by atoms with Gasteiger partial charge in [-0.25, -0.2) is 14.8 Å². The minimum absolute atomic E-state index is 0.0517. The molecule has 1 aliphatic heterocycles. The quantitative estimate of drug-likeness (QED) is 0.479. The molecular formula is C23H21N3O4. The lowest BCUT2D eigenvalue weighted by Crippen LogP contribution is -2.24. The third kappa shape index (κ3) is 3.91. The molecule has 0 aliphatic carbocycles. The van der Waals surface area contributed by atoms with Crippen LogP contribution in [0.3, 0.4) is 0 Å². The zero-order valence-corrected chi connectivity index (χ0v) is 16.8. The van der Waals surface area contributed by atoms with Gasteiger partial charge in [0, 0.05) is 24.2 Å². The van der Waals surface area contributed by atoms with Crippen LogP contribution in [-0.4, -0.2) is 40.8 Å². The molecule has 7 heteroatoms. The number of anilines is 1. The number of hydrogen-bond acceptors (Lipinski definition) is 6. The standard InChI is InChI=1S/C23H21N3O4/c1-14-15(2)25-20-12-17(8-9-19(20)24-14)23(29)30-13-21(27)16-5-3-6-18(11-16)26-10-4-7-22(26)28/h3,5-6,8-9,11-12H,4,7,10,13H2,1-2H3. The number of rotatable bonds is 5. The SMILES string of the molecule is Cc1nc2ccc(C(=O)OCC(=O)c3cccc(N4CCCC4=O)c3)cc2nc1C. The summed E-state index contributed by atoms with van der Waals surface area (Å²) in [5, 5.41) is 0. The normalized spacial score (nSPS) is 13.7. The van der Waals surface area contributed by atoms with Gasteiger partial charge in [-0.15, -0.1) is 0 Å². The van der Waals surface area contributed by atoms with Gasteiger partial charge < -0.3 is 9.64 Å². The summed E-state index contributed by atoms with van der Waals surface area (Å²) in [6.45, 7) is 4.00. The number of fused-ring (bicyclic) bond motifs is 1. The minimum Gasteiger partial charge on any atom is -0.454 e. The van der Waals surface area contributed by atoms with E-state index in [2.05, 4.69) is 9.97 Å². The van der Waals surface area contributed by atoms with Crippen molar-refractivity contribution >= 4 is 34.4 Å². The topological polar surface area (TPSA) is 89.5 Å². The number of nitrogens with zero attached hydrogens (tertiary/aromatic N) is 3. The molecule has 1 aliphatic rings. The van der Waals surface area contributed by atoms with E-state index in [0.717, 1.165) is 17.8 Å². The van der Waals surface area contributed by atoms with Crippen LogP contribution in [0.15, 0.2) is 42.5 Å². The van der Waals surface area contributed by atoms with E-state index >= 15 is 0 Å². The molecule has 0 radical (unpaired) electrons. The van der Waals surface area contributed by atoms with Crippen molar-refractivity contribution in [2.75, 3.05) is 18.1 Å². The predicted molar refractivity (Wildman–Crippen MR) is 112 cm³/mol. The van der Waals surface area contributed by atoms with Crippen LogP contribution in [-0.2, 0) is 9.53 Å². The lowest BCUT2D eigenvalue weighted by atomic mass is 10.1. The number of ketones is 1. The fraction of sp³-hybridized carbons (Fsp3) is 0.261. The van der Waals surface area contributed by atoms with Crippen LogP contribution in [0.5, 0.6) is 0 Å². The van der Waals surface area contributed by atoms with E-state index in [9.17, 15) is 14.4 Å². The zero-order chi connectivity index (χ0) is 21.3. The number of Topliss-reactive ketones (excluding diaryl/α,β-unsaturated/α-hetero) is 1. The molecule has 0 N–H and O–H groups in total. The lowest BCUT2D eigenvalue weighted by molar-refractivity contribution is -0.117. The van der Waals surface area contributed by atoms with Crippen LogP contribution in [0.4, 0.5) is 5.69 Å². The molecule has 1 aromatic heterocycles. The Morgan fingerprint density at radius 3 is 2.50 bits per heavy atom. The molecule has 4 rings (SSSR count). The fourth-order valence-electron chi connectivity index (χ4n) is 3.42. The van der Waals surface area contributed by atoms with Crippen molar-refractivity contribution in [1.29, 1.82) is 0 Å². The van der Waals surface area contributed by atoms with Gasteiger partial charge in [0.25, 0.3) is 0 Å². The largest absolute Gasteiger partial charge is 0.454 e. The van der Waals surface area contributed by atoms with E-state index in [1.54, 1.807) is 47.4 Å².